The Morgan fingerprint density at radius 2 is 1.94 bits per heavy atom. The van der Waals surface area contributed by atoms with Gasteiger partial charge in [0.05, 0.1) is 25.5 Å². The normalized spacial score (nSPS) is 11.4. The van der Waals surface area contributed by atoms with Gasteiger partial charge in [-0.05, 0) is 49.4 Å². The van der Waals surface area contributed by atoms with Gasteiger partial charge in [-0.25, -0.2) is 0 Å². The van der Waals surface area contributed by atoms with Crippen LogP contribution in [0.3, 0.4) is 0 Å². The third-order valence-corrected chi connectivity index (χ3v) is 5.34. The lowest BCUT2D eigenvalue weighted by atomic mass is 10.1. The SMILES string of the molecule is Cc1ccc2oc(CN(Cc3ccco3)C(=O)c3cc(O)c4c(cnn4C)c3)cc2c1. The molecule has 156 valence electrons. The molecular weight excluding hydrogens is 394 g/mol. The molecule has 0 saturated heterocycles. The summed E-state index contributed by atoms with van der Waals surface area (Å²) in [7, 11) is 1.75. The molecule has 31 heavy (non-hydrogen) atoms. The second-order valence-electron chi connectivity index (χ2n) is 7.70. The number of aromatic hydroxyl groups is 1. The van der Waals surface area contributed by atoms with Gasteiger partial charge in [0.15, 0.2) is 0 Å². The first kappa shape index (κ1) is 19.0. The van der Waals surface area contributed by atoms with Crippen LogP contribution in [-0.4, -0.2) is 25.7 Å². The number of amides is 1. The number of nitrogens with zero attached hydrogens (tertiary/aromatic N) is 3. The Hall–Kier alpha value is -4.00. The van der Waals surface area contributed by atoms with Crippen molar-refractivity contribution in [1.29, 1.82) is 0 Å². The van der Waals surface area contributed by atoms with Crippen molar-refractivity contribution in [3.8, 4) is 5.75 Å². The van der Waals surface area contributed by atoms with Crippen LogP contribution in [0.2, 0.25) is 0 Å². The lowest BCUT2D eigenvalue weighted by Gasteiger charge is -2.21. The van der Waals surface area contributed by atoms with E-state index in [2.05, 4.69) is 11.2 Å². The third kappa shape index (κ3) is 3.54. The highest BCUT2D eigenvalue weighted by Gasteiger charge is 2.22. The molecule has 3 aromatic heterocycles. The highest BCUT2D eigenvalue weighted by atomic mass is 16.3. The molecule has 0 atom stereocenters. The fourth-order valence-electron chi connectivity index (χ4n) is 3.88. The first-order valence-electron chi connectivity index (χ1n) is 9.93. The van der Waals surface area contributed by atoms with E-state index in [1.54, 1.807) is 41.2 Å². The van der Waals surface area contributed by atoms with Crippen LogP contribution >= 0.6 is 0 Å². The van der Waals surface area contributed by atoms with Gasteiger partial charge in [0.25, 0.3) is 5.91 Å². The third-order valence-electron chi connectivity index (χ3n) is 5.34. The lowest BCUT2D eigenvalue weighted by Crippen LogP contribution is -2.29. The number of hydrogen-bond acceptors (Lipinski definition) is 5. The standard InChI is InChI=1S/C24H21N3O4/c1-15-5-6-22-16(8-15)10-20(31-22)14-27(13-19-4-3-7-30-19)24(29)17-9-18-12-25-26(2)23(18)21(28)11-17/h3-12,28H,13-14H2,1-2H3. The van der Waals surface area contributed by atoms with Crippen molar-refractivity contribution in [1.82, 2.24) is 14.7 Å². The zero-order valence-electron chi connectivity index (χ0n) is 17.2. The zero-order valence-corrected chi connectivity index (χ0v) is 17.2. The zero-order chi connectivity index (χ0) is 21.5. The fourth-order valence-corrected chi connectivity index (χ4v) is 3.88. The number of furan rings is 2. The van der Waals surface area contributed by atoms with E-state index >= 15 is 0 Å². The van der Waals surface area contributed by atoms with Gasteiger partial charge in [0.1, 0.15) is 28.4 Å². The molecule has 2 aromatic carbocycles. The molecule has 3 heterocycles. The molecule has 0 radical (unpaired) electrons. The number of hydrogen-bond donors (Lipinski definition) is 1. The second-order valence-corrected chi connectivity index (χ2v) is 7.70. The van der Waals surface area contributed by atoms with Crippen LogP contribution in [0.1, 0.15) is 27.4 Å². The van der Waals surface area contributed by atoms with E-state index in [1.807, 2.05) is 31.2 Å². The predicted molar refractivity (Wildman–Crippen MR) is 116 cm³/mol. The average molecular weight is 415 g/mol. The van der Waals surface area contributed by atoms with E-state index in [4.69, 9.17) is 8.83 Å². The largest absolute Gasteiger partial charge is 0.506 e. The number of carbonyl (C=O) groups is 1. The number of rotatable bonds is 5. The molecule has 0 aliphatic heterocycles. The van der Waals surface area contributed by atoms with Crippen molar-refractivity contribution in [2.45, 2.75) is 20.0 Å². The van der Waals surface area contributed by atoms with Crippen LogP contribution in [0.5, 0.6) is 5.75 Å². The summed E-state index contributed by atoms with van der Waals surface area (Å²) in [5, 5.41) is 16.3. The van der Waals surface area contributed by atoms with Crippen molar-refractivity contribution < 1.29 is 18.7 Å². The molecule has 1 amide bonds. The minimum Gasteiger partial charge on any atom is -0.506 e. The summed E-state index contributed by atoms with van der Waals surface area (Å²) in [5.41, 5.74) is 2.88. The van der Waals surface area contributed by atoms with Crippen molar-refractivity contribution in [3.05, 3.63) is 83.6 Å². The average Bonchev–Trinajstić information content (AvgIpc) is 3.47. The monoisotopic (exact) mass is 415 g/mol. The molecule has 0 fully saturated rings. The molecule has 7 heteroatoms. The maximum Gasteiger partial charge on any atom is 0.254 e. The minimum absolute atomic E-state index is 0.0120. The van der Waals surface area contributed by atoms with Crippen molar-refractivity contribution in [2.75, 3.05) is 0 Å². The minimum atomic E-state index is -0.242. The van der Waals surface area contributed by atoms with Crippen molar-refractivity contribution in [2.24, 2.45) is 7.05 Å². The Bertz CT molecular complexity index is 1400. The van der Waals surface area contributed by atoms with Gasteiger partial charge in [0.2, 0.25) is 0 Å². The summed E-state index contributed by atoms with van der Waals surface area (Å²) < 4.78 is 13.0. The summed E-state index contributed by atoms with van der Waals surface area (Å²) in [6.07, 6.45) is 3.21. The van der Waals surface area contributed by atoms with Crippen molar-refractivity contribution in [3.63, 3.8) is 0 Å². The van der Waals surface area contributed by atoms with E-state index in [0.29, 0.717) is 28.0 Å². The second kappa shape index (κ2) is 7.36. The summed E-state index contributed by atoms with van der Waals surface area (Å²) in [6, 6.07) is 14.8. The molecule has 0 aliphatic carbocycles. The summed E-state index contributed by atoms with van der Waals surface area (Å²) in [5.74, 6) is 1.10. The van der Waals surface area contributed by atoms with Crippen LogP contribution in [-0.2, 0) is 20.1 Å². The molecule has 0 bridgehead atoms. The van der Waals surface area contributed by atoms with Gasteiger partial charge < -0.3 is 18.8 Å². The summed E-state index contributed by atoms with van der Waals surface area (Å²) in [6.45, 7) is 2.56. The van der Waals surface area contributed by atoms with Gasteiger partial charge in [-0.3, -0.25) is 9.48 Å². The topological polar surface area (TPSA) is 84.6 Å². The van der Waals surface area contributed by atoms with Gasteiger partial charge in [-0.15, -0.1) is 0 Å². The first-order valence-corrected chi connectivity index (χ1v) is 9.93. The molecule has 0 spiro atoms. The quantitative estimate of drug-likeness (QED) is 0.447. The molecule has 0 aliphatic rings. The van der Waals surface area contributed by atoms with Crippen molar-refractivity contribution >= 4 is 27.8 Å². The van der Waals surface area contributed by atoms with Gasteiger partial charge in [0, 0.05) is 23.4 Å². The lowest BCUT2D eigenvalue weighted by molar-refractivity contribution is 0.0705. The summed E-state index contributed by atoms with van der Waals surface area (Å²) in [4.78, 5) is 15.1. The number of carbonyl (C=O) groups excluding carboxylic acids is 1. The highest BCUT2D eigenvalue weighted by molar-refractivity contribution is 5.99. The van der Waals surface area contributed by atoms with Gasteiger partial charge in [-0.1, -0.05) is 11.6 Å². The molecule has 0 unspecified atom stereocenters. The van der Waals surface area contributed by atoms with Crippen LogP contribution in [0.15, 0.2) is 69.8 Å². The molecule has 1 N–H and O–H groups in total. The Kier molecular flexibility index (Phi) is 4.51. The smallest absolute Gasteiger partial charge is 0.254 e. The fraction of sp³-hybridized carbons (Fsp3) is 0.167. The number of aromatic nitrogens is 2. The molecular formula is C24H21N3O4. The Balaban J connectivity index is 1.51. The Morgan fingerprint density at radius 3 is 2.74 bits per heavy atom. The molecule has 5 aromatic rings. The number of phenolic OH excluding ortho intramolecular Hbond substituents is 1. The van der Waals surface area contributed by atoms with E-state index in [1.165, 1.54) is 6.07 Å². The van der Waals surface area contributed by atoms with E-state index in [0.717, 1.165) is 16.5 Å². The van der Waals surface area contributed by atoms with E-state index in [-0.39, 0.29) is 24.7 Å². The Labute approximate surface area is 178 Å². The highest BCUT2D eigenvalue weighted by Crippen LogP contribution is 2.28. The maximum atomic E-state index is 13.5. The van der Waals surface area contributed by atoms with Crippen LogP contribution < -0.4 is 0 Å². The van der Waals surface area contributed by atoms with Crippen LogP contribution in [0.25, 0.3) is 21.9 Å². The first-order chi connectivity index (χ1) is 15.0. The number of aryl methyl sites for hydroxylation is 2. The van der Waals surface area contributed by atoms with Gasteiger partial charge >= 0.3 is 0 Å². The Morgan fingerprint density at radius 1 is 1.10 bits per heavy atom. The predicted octanol–water partition coefficient (Wildman–Crippen LogP) is 4.77. The molecule has 7 nitrogen and oxygen atoms in total. The van der Waals surface area contributed by atoms with Crippen LogP contribution in [0.4, 0.5) is 0 Å². The van der Waals surface area contributed by atoms with Crippen LogP contribution in [0, 0.1) is 6.92 Å². The number of fused-ring (bicyclic) bond motifs is 2. The number of phenols is 1. The van der Waals surface area contributed by atoms with Gasteiger partial charge in [-0.2, -0.15) is 5.10 Å². The summed E-state index contributed by atoms with van der Waals surface area (Å²) >= 11 is 0. The van der Waals surface area contributed by atoms with E-state index in [9.17, 15) is 9.90 Å². The number of benzene rings is 2. The molecule has 5 rings (SSSR count). The van der Waals surface area contributed by atoms with E-state index < -0.39 is 0 Å². The maximum absolute atomic E-state index is 13.5. The molecule has 0 saturated carbocycles.